The molecule has 1 aliphatic rings. The molecular formula is C15H12Cl2F3N3O. The van der Waals surface area contributed by atoms with E-state index in [0.717, 1.165) is 12.1 Å². The molecule has 0 aliphatic heterocycles. The molecule has 1 N–H and O–H groups in total. The number of aryl methyl sites for hydroxylation is 1. The molecule has 1 amide bonds. The minimum absolute atomic E-state index is 0.187. The van der Waals surface area contributed by atoms with Gasteiger partial charge in [-0.25, -0.2) is 4.68 Å². The molecule has 0 spiro atoms. The third-order valence-corrected chi connectivity index (χ3v) is 4.48. The fraction of sp³-hybridized carbons (Fsp3) is 0.333. The van der Waals surface area contributed by atoms with Gasteiger partial charge in [-0.15, -0.1) is 23.2 Å². The van der Waals surface area contributed by atoms with E-state index in [0.29, 0.717) is 12.1 Å². The number of anilines is 1. The maximum Gasteiger partial charge on any atom is 0.416 e. The molecule has 0 radical (unpaired) electrons. The summed E-state index contributed by atoms with van der Waals surface area (Å²) in [5.41, 5.74) is -0.0679. The minimum Gasteiger partial charge on any atom is -0.310 e. The second-order valence-corrected chi connectivity index (χ2v) is 7.18. The average Bonchev–Trinajstić information content (AvgIpc) is 2.96. The Bertz CT molecular complexity index is 802. The van der Waals surface area contributed by atoms with Crippen LogP contribution in [0, 0.1) is 12.8 Å². The van der Waals surface area contributed by atoms with Gasteiger partial charge in [0, 0.05) is 6.07 Å². The number of amides is 1. The monoisotopic (exact) mass is 377 g/mol. The van der Waals surface area contributed by atoms with Crippen molar-refractivity contribution < 1.29 is 18.0 Å². The van der Waals surface area contributed by atoms with Gasteiger partial charge < -0.3 is 5.32 Å². The highest BCUT2D eigenvalue weighted by atomic mass is 35.5. The smallest absolute Gasteiger partial charge is 0.310 e. The Labute approximate surface area is 145 Å². The topological polar surface area (TPSA) is 46.9 Å². The van der Waals surface area contributed by atoms with E-state index in [-0.39, 0.29) is 11.5 Å². The number of hydrogen-bond donors (Lipinski definition) is 1. The first kappa shape index (κ1) is 17.1. The molecule has 1 aliphatic carbocycles. The van der Waals surface area contributed by atoms with Crippen molar-refractivity contribution in [1.82, 2.24) is 9.78 Å². The predicted octanol–water partition coefficient (Wildman–Crippen LogP) is 4.33. The number of carbonyl (C=O) groups is 1. The van der Waals surface area contributed by atoms with E-state index >= 15 is 0 Å². The second-order valence-electron chi connectivity index (χ2n) is 5.64. The van der Waals surface area contributed by atoms with Crippen molar-refractivity contribution in [2.45, 2.75) is 23.9 Å². The van der Waals surface area contributed by atoms with Crippen molar-refractivity contribution in [3.8, 4) is 5.69 Å². The lowest BCUT2D eigenvalue weighted by molar-refractivity contribution is -0.137. The summed E-state index contributed by atoms with van der Waals surface area (Å²) in [6.45, 7) is 1.67. The van der Waals surface area contributed by atoms with Crippen LogP contribution in [0.2, 0.25) is 0 Å². The van der Waals surface area contributed by atoms with Crippen molar-refractivity contribution in [3.63, 3.8) is 0 Å². The molecule has 1 atom stereocenters. The third-order valence-electron chi connectivity index (χ3n) is 3.64. The van der Waals surface area contributed by atoms with Crippen LogP contribution in [0.25, 0.3) is 5.69 Å². The quantitative estimate of drug-likeness (QED) is 0.809. The number of halogens is 5. The van der Waals surface area contributed by atoms with Gasteiger partial charge >= 0.3 is 6.18 Å². The van der Waals surface area contributed by atoms with E-state index in [2.05, 4.69) is 10.4 Å². The molecule has 9 heteroatoms. The molecule has 2 aromatic rings. The van der Waals surface area contributed by atoms with Crippen molar-refractivity contribution in [1.29, 1.82) is 0 Å². The van der Waals surface area contributed by atoms with Crippen molar-refractivity contribution in [2.75, 3.05) is 5.32 Å². The van der Waals surface area contributed by atoms with Crippen LogP contribution >= 0.6 is 23.2 Å². The summed E-state index contributed by atoms with van der Waals surface area (Å²) < 4.78 is 38.8. The van der Waals surface area contributed by atoms with Gasteiger partial charge in [0.15, 0.2) is 0 Å². The molecule has 128 valence electrons. The first-order valence-corrected chi connectivity index (χ1v) is 7.76. The molecule has 24 heavy (non-hydrogen) atoms. The molecule has 0 bridgehead atoms. The van der Waals surface area contributed by atoms with Crippen LogP contribution < -0.4 is 5.32 Å². The molecule has 1 saturated carbocycles. The van der Waals surface area contributed by atoms with E-state index in [1.54, 1.807) is 13.0 Å². The van der Waals surface area contributed by atoms with Crippen LogP contribution in [-0.4, -0.2) is 20.0 Å². The summed E-state index contributed by atoms with van der Waals surface area (Å²) in [6, 6.07) is 6.25. The molecule has 1 aromatic heterocycles. The van der Waals surface area contributed by atoms with E-state index in [1.165, 1.54) is 16.8 Å². The molecule has 1 aromatic carbocycles. The van der Waals surface area contributed by atoms with Crippen LogP contribution in [0.1, 0.15) is 17.7 Å². The number of carbonyl (C=O) groups excluding carboxylic acids is 1. The van der Waals surface area contributed by atoms with Crippen LogP contribution in [0.3, 0.4) is 0 Å². The summed E-state index contributed by atoms with van der Waals surface area (Å²) in [5.74, 6) is -0.688. The highest BCUT2D eigenvalue weighted by Gasteiger charge is 2.56. The Hall–Kier alpha value is -1.73. The highest BCUT2D eigenvalue weighted by molar-refractivity contribution is 6.52. The van der Waals surface area contributed by atoms with Gasteiger partial charge in [-0.3, -0.25) is 4.79 Å². The minimum atomic E-state index is -4.47. The summed E-state index contributed by atoms with van der Waals surface area (Å²) in [7, 11) is 0. The Morgan fingerprint density at radius 1 is 1.38 bits per heavy atom. The van der Waals surface area contributed by atoms with Gasteiger partial charge in [0.2, 0.25) is 5.91 Å². The van der Waals surface area contributed by atoms with Gasteiger partial charge in [-0.1, -0.05) is 6.07 Å². The molecule has 0 saturated heterocycles. The summed E-state index contributed by atoms with van der Waals surface area (Å²) >= 11 is 11.7. The van der Waals surface area contributed by atoms with Crippen LogP contribution in [-0.2, 0) is 11.0 Å². The number of nitrogens with one attached hydrogen (secondary N) is 1. The van der Waals surface area contributed by atoms with E-state index < -0.39 is 27.9 Å². The Morgan fingerprint density at radius 2 is 2.04 bits per heavy atom. The number of benzene rings is 1. The zero-order valence-corrected chi connectivity index (χ0v) is 13.9. The second kappa shape index (κ2) is 5.67. The number of nitrogens with zero attached hydrogens (tertiary/aromatic N) is 2. The SMILES string of the molecule is Cc1cc(NC(=O)C2CC2(Cl)Cl)n(-c2cccc(C(F)(F)F)c2)n1. The van der Waals surface area contributed by atoms with E-state index in [4.69, 9.17) is 23.2 Å². The van der Waals surface area contributed by atoms with Gasteiger partial charge in [-0.05, 0) is 31.5 Å². The largest absolute Gasteiger partial charge is 0.416 e. The fourth-order valence-corrected chi connectivity index (χ4v) is 2.82. The first-order valence-electron chi connectivity index (χ1n) is 7.01. The fourth-order valence-electron chi connectivity index (χ4n) is 2.31. The molecule has 3 rings (SSSR count). The van der Waals surface area contributed by atoms with Gasteiger partial charge in [0.1, 0.15) is 10.2 Å². The number of aromatic nitrogens is 2. The van der Waals surface area contributed by atoms with E-state index in [1.807, 2.05) is 0 Å². The Morgan fingerprint density at radius 3 is 2.62 bits per heavy atom. The molecule has 4 nitrogen and oxygen atoms in total. The molecule has 1 fully saturated rings. The van der Waals surface area contributed by atoms with Gasteiger partial charge in [0.05, 0.1) is 22.9 Å². The number of rotatable bonds is 3. The highest BCUT2D eigenvalue weighted by Crippen LogP contribution is 2.53. The van der Waals surface area contributed by atoms with Gasteiger partial charge in [-0.2, -0.15) is 18.3 Å². The van der Waals surface area contributed by atoms with Crippen LogP contribution in [0.4, 0.5) is 19.0 Å². The number of alkyl halides is 5. The van der Waals surface area contributed by atoms with E-state index in [9.17, 15) is 18.0 Å². The molecular weight excluding hydrogens is 366 g/mol. The lowest BCUT2D eigenvalue weighted by Crippen LogP contribution is -2.19. The Kier molecular flexibility index (Phi) is 4.04. The van der Waals surface area contributed by atoms with Gasteiger partial charge in [0.25, 0.3) is 0 Å². The summed E-state index contributed by atoms with van der Waals surface area (Å²) in [4.78, 5) is 12.1. The average molecular weight is 378 g/mol. The molecule has 1 heterocycles. The zero-order valence-electron chi connectivity index (χ0n) is 12.4. The zero-order chi connectivity index (χ0) is 17.7. The normalized spacial score (nSPS) is 19.2. The standard InChI is InChI=1S/C15H12Cl2F3N3O/c1-8-5-12(21-13(24)11-7-14(11,16)17)23(22-8)10-4-2-3-9(6-10)15(18,19)20/h2-6,11H,7H2,1H3,(H,21,24). The number of hydrogen-bond acceptors (Lipinski definition) is 2. The summed E-state index contributed by atoms with van der Waals surface area (Å²) in [6.07, 6.45) is -4.13. The molecule has 1 unspecified atom stereocenters. The maximum absolute atomic E-state index is 12.9. The third kappa shape index (κ3) is 3.37. The lowest BCUT2D eigenvalue weighted by atomic mass is 10.2. The summed E-state index contributed by atoms with van der Waals surface area (Å²) in [5, 5.41) is 6.76. The lowest BCUT2D eigenvalue weighted by Gasteiger charge is -2.12. The first-order chi connectivity index (χ1) is 11.1. The van der Waals surface area contributed by atoms with Crippen molar-refractivity contribution in [3.05, 3.63) is 41.6 Å². The maximum atomic E-state index is 12.9. The Balaban J connectivity index is 1.91. The predicted molar refractivity (Wildman–Crippen MR) is 84.5 cm³/mol. The van der Waals surface area contributed by atoms with Crippen LogP contribution in [0.15, 0.2) is 30.3 Å². The van der Waals surface area contributed by atoms with Crippen LogP contribution in [0.5, 0.6) is 0 Å². The van der Waals surface area contributed by atoms with Crippen molar-refractivity contribution >= 4 is 34.9 Å². The van der Waals surface area contributed by atoms with Crippen molar-refractivity contribution in [2.24, 2.45) is 5.92 Å².